The summed E-state index contributed by atoms with van der Waals surface area (Å²) in [6.45, 7) is 3.97. The van der Waals surface area contributed by atoms with Crippen LogP contribution in [-0.2, 0) is 11.1 Å². The predicted molar refractivity (Wildman–Crippen MR) is 133 cm³/mol. The molecular formula is C26H33N2O4P. The molecule has 6 nitrogen and oxygen atoms in total. The SMILES string of the molecule is CCCCCOc1ccc(-c2ccc(CNCCCP(=O)(O)O)nc2-c2ccccc2)cc1. The van der Waals surface area contributed by atoms with Crippen LogP contribution in [0, 0.1) is 0 Å². The van der Waals surface area contributed by atoms with Gasteiger partial charge in [-0.25, -0.2) is 0 Å². The van der Waals surface area contributed by atoms with Gasteiger partial charge < -0.3 is 19.8 Å². The Hall–Kier alpha value is -2.50. The lowest BCUT2D eigenvalue weighted by Gasteiger charge is -2.13. The molecule has 3 rings (SSSR count). The first kappa shape index (κ1) is 25.1. The molecule has 1 heterocycles. The number of pyridine rings is 1. The molecule has 0 radical (unpaired) electrons. The van der Waals surface area contributed by atoms with Crippen LogP contribution < -0.4 is 10.1 Å². The van der Waals surface area contributed by atoms with Gasteiger partial charge in [-0.1, -0.05) is 68.3 Å². The van der Waals surface area contributed by atoms with Gasteiger partial charge in [-0.3, -0.25) is 9.55 Å². The van der Waals surface area contributed by atoms with E-state index >= 15 is 0 Å². The van der Waals surface area contributed by atoms with E-state index in [0.717, 1.165) is 46.9 Å². The summed E-state index contributed by atoms with van der Waals surface area (Å²) >= 11 is 0. The average molecular weight is 469 g/mol. The number of unbranched alkanes of at least 4 members (excludes halogenated alkanes) is 2. The third-order valence-electron chi connectivity index (χ3n) is 5.29. The van der Waals surface area contributed by atoms with Gasteiger partial charge in [0, 0.05) is 17.7 Å². The monoisotopic (exact) mass is 468 g/mol. The Bertz CT molecular complexity index is 1040. The van der Waals surface area contributed by atoms with E-state index in [0.29, 0.717) is 19.5 Å². The third kappa shape index (κ3) is 8.41. The quantitative estimate of drug-likeness (QED) is 0.222. The summed E-state index contributed by atoms with van der Waals surface area (Å²) in [5, 5.41) is 3.23. The molecule has 176 valence electrons. The maximum absolute atomic E-state index is 11.0. The van der Waals surface area contributed by atoms with Crippen LogP contribution in [-0.4, -0.2) is 34.1 Å². The van der Waals surface area contributed by atoms with E-state index in [1.54, 1.807) is 0 Å². The van der Waals surface area contributed by atoms with Gasteiger partial charge in [0.15, 0.2) is 0 Å². The fourth-order valence-corrected chi connectivity index (χ4v) is 4.12. The van der Waals surface area contributed by atoms with E-state index in [1.807, 2.05) is 48.5 Å². The van der Waals surface area contributed by atoms with Gasteiger partial charge in [0.25, 0.3) is 0 Å². The topological polar surface area (TPSA) is 91.7 Å². The van der Waals surface area contributed by atoms with E-state index in [2.05, 4.69) is 30.4 Å². The summed E-state index contributed by atoms with van der Waals surface area (Å²) in [6.07, 6.45) is 3.72. The summed E-state index contributed by atoms with van der Waals surface area (Å²) < 4.78 is 16.8. The minimum Gasteiger partial charge on any atom is -0.494 e. The van der Waals surface area contributed by atoms with Crippen molar-refractivity contribution in [3.8, 4) is 28.1 Å². The van der Waals surface area contributed by atoms with Crippen molar-refractivity contribution in [3.63, 3.8) is 0 Å². The predicted octanol–water partition coefficient (Wildman–Crippen LogP) is 5.64. The van der Waals surface area contributed by atoms with Gasteiger partial charge in [0.05, 0.1) is 24.2 Å². The van der Waals surface area contributed by atoms with Gasteiger partial charge in [-0.2, -0.15) is 0 Å². The van der Waals surface area contributed by atoms with Crippen molar-refractivity contribution < 1.29 is 19.1 Å². The number of hydrogen-bond donors (Lipinski definition) is 3. The number of nitrogens with zero attached hydrogens (tertiary/aromatic N) is 1. The van der Waals surface area contributed by atoms with Crippen LogP contribution in [0.2, 0.25) is 0 Å². The van der Waals surface area contributed by atoms with E-state index < -0.39 is 7.60 Å². The molecule has 0 aliphatic carbocycles. The van der Waals surface area contributed by atoms with E-state index in [-0.39, 0.29) is 6.16 Å². The van der Waals surface area contributed by atoms with E-state index in [9.17, 15) is 4.57 Å². The molecule has 0 aliphatic rings. The van der Waals surface area contributed by atoms with Crippen molar-refractivity contribution in [3.05, 3.63) is 72.4 Å². The Morgan fingerprint density at radius 1 is 0.909 bits per heavy atom. The first-order valence-corrected chi connectivity index (χ1v) is 13.3. The van der Waals surface area contributed by atoms with Gasteiger partial charge >= 0.3 is 7.60 Å². The highest BCUT2D eigenvalue weighted by Gasteiger charge is 2.13. The first-order valence-electron chi connectivity index (χ1n) is 11.5. The van der Waals surface area contributed by atoms with Crippen molar-refractivity contribution in [2.75, 3.05) is 19.3 Å². The Balaban J connectivity index is 1.74. The Morgan fingerprint density at radius 3 is 2.36 bits per heavy atom. The Kier molecular flexibility index (Phi) is 9.64. The molecule has 0 amide bonds. The highest BCUT2D eigenvalue weighted by Crippen LogP contribution is 2.34. The van der Waals surface area contributed by atoms with Crippen molar-refractivity contribution in [2.24, 2.45) is 0 Å². The molecule has 33 heavy (non-hydrogen) atoms. The molecule has 3 aromatic rings. The second-order valence-corrected chi connectivity index (χ2v) is 9.84. The highest BCUT2D eigenvalue weighted by molar-refractivity contribution is 7.51. The molecule has 0 atom stereocenters. The molecule has 3 N–H and O–H groups in total. The fourth-order valence-electron chi connectivity index (χ4n) is 3.55. The third-order valence-corrected chi connectivity index (χ3v) is 6.19. The lowest BCUT2D eigenvalue weighted by atomic mass is 9.98. The van der Waals surface area contributed by atoms with Gasteiger partial charge in [0.1, 0.15) is 5.75 Å². The van der Waals surface area contributed by atoms with E-state index in [4.69, 9.17) is 19.5 Å². The summed E-state index contributed by atoms with van der Waals surface area (Å²) in [5.41, 5.74) is 4.94. The number of nitrogens with one attached hydrogen (secondary N) is 1. The van der Waals surface area contributed by atoms with Crippen LogP contribution in [0.25, 0.3) is 22.4 Å². The minimum absolute atomic E-state index is 0.111. The van der Waals surface area contributed by atoms with Gasteiger partial charge in [0.2, 0.25) is 0 Å². The summed E-state index contributed by atoms with van der Waals surface area (Å²) in [7, 11) is -3.94. The van der Waals surface area contributed by atoms with Crippen LogP contribution in [0.4, 0.5) is 0 Å². The molecule has 0 fully saturated rings. The van der Waals surface area contributed by atoms with Crippen molar-refractivity contribution in [1.29, 1.82) is 0 Å². The van der Waals surface area contributed by atoms with Crippen molar-refractivity contribution >= 4 is 7.60 Å². The van der Waals surface area contributed by atoms with Crippen molar-refractivity contribution in [2.45, 2.75) is 39.2 Å². The number of hydrogen-bond acceptors (Lipinski definition) is 4. The van der Waals surface area contributed by atoms with Crippen LogP contribution in [0.1, 0.15) is 38.3 Å². The molecule has 0 spiro atoms. The largest absolute Gasteiger partial charge is 0.494 e. The molecule has 0 saturated heterocycles. The van der Waals surface area contributed by atoms with Crippen LogP contribution in [0.5, 0.6) is 5.75 Å². The molecule has 1 aromatic heterocycles. The number of rotatable bonds is 13. The lowest BCUT2D eigenvalue weighted by Crippen LogP contribution is -2.16. The standard InChI is InChI=1S/C26H33N2O4P/c1-2-3-7-18-32-24-14-11-21(12-15-24)25-16-13-23(20-27-17-8-19-33(29,30)31)28-26(25)22-9-5-4-6-10-22/h4-6,9-16,27H,2-3,7-8,17-20H2,1H3,(H2,29,30,31). The summed E-state index contributed by atoms with van der Waals surface area (Å²) in [5.74, 6) is 0.875. The number of benzene rings is 2. The molecule has 0 aliphatic heterocycles. The number of ether oxygens (including phenoxy) is 1. The Labute approximate surface area is 196 Å². The molecule has 0 saturated carbocycles. The van der Waals surface area contributed by atoms with Gasteiger partial charge in [-0.05, 0) is 43.1 Å². The number of aromatic nitrogens is 1. The average Bonchev–Trinajstić information content (AvgIpc) is 2.82. The summed E-state index contributed by atoms with van der Waals surface area (Å²) in [6, 6.07) is 22.3. The first-order chi connectivity index (χ1) is 16.0. The molecule has 0 unspecified atom stereocenters. The van der Waals surface area contributed by atoms with E-state index in [1.165, 1.54) is 12.8 Å². The fraction of sp³-hybridized carbons (Fsp3) is 0.346. The molecule has 0 bridgehead atoms. The molecule has 2 aromatic carbocycles. The van der Waals surface area contributed by atoms with Crippen molar-refractivity contribution in [1.82, 2.24) is 10.3 Å². The second kappa shape index (κ2) is 12.7. The van der Waals surface area contributed by atoms with Crippen LogP contribution in [0.3, 0.4) is 0 Å². The minimum atomic E-state index is -3.94. The van der Waals surface area contributed by atoms with Crippen LogP contribution >= 0.6 is 7.60 Å². The normalized spacial score (nSPS) is 11.5. The highest BCUT2D eigenvalue weighted by atomic mass is 31.2. The maximum Gasteiger partial charge on any atom is 0.325 e. The Morgan fingerprint density at radius 2 is 1.67 bits per heavy atom. The molecular weight excluding hydrogens is 435 g/mol. The zero-order valence-corrected chi connectivity index (χ0v) is 20.0. The zero-order valence-electron chi connectivity index (χ0n) is 19.1. The van der Waals surface area contributed by atoms with Crippen LogP contribution in [0.15, 0.2) is 66.7 Å². The molecule has 7 heteroatoms. The lowest BCUT2D eigenvalue weighted by molar-refractivity contribution is 0.306. The smallest absolute Gasteiger partial charge is 0.325 e. The van der Waals surface area contributed by atoms with Gasteiger partial charge in [-0.15, -0.1) is 0 Å². The summed E-state index contributed by atoms with van der Waals surface area (Å²) in [4.78, 5) is 22.9. The second-order valence-electron chi connectivity index (χ2n) is 8.06. The maximum atomic E-state index is 11.0. The zero-order chi connectivity index (χ0) is 23.5.